The number of fused-ring (bicyclic) bond motifs is 1. The summed E-state index contributed by atoms with van der Waals surface area (Å²) in [5, 5.41) is 56.7. The van der Waals surface area contributed by atoms with Crippen molar-refractivity contribution in [3.63, 3.8) is 0 Å². The molecule has 0 saturated carbocycles. The topological polar surface area (TPSA) is 272 Å². The van der Waals surface area contributed by atoms with Gasteiger partial charge in [0, 0.05) is 35.1 Å². The maximum absolute atomic E-state index is 13.8. The summed E-state index contributed by atoms with van der Waals surface area (Å²) in [6, 6.07) is 1.41. The third kappa shape index (κ3) is 8.40. The minimum Gasteiger partial charge on any atom is -0.546 e. The molecule has 2 saturated heterocycles. The molecule has 0 spiro atoms. The number of hydrogen-bond donors (Lipinski definition) is 5. The van der Waals surface area contributed by atoms with Crippen molar-refractivity contribution in [1.82, 2.24) is 41.1 Å². The fraction of sp³-hybridized carbons (Fsp3) is 0.433. The van der Waals surface area contributed by atoms with Gasteiger partial charge < -0.3 is 50.9 Å². The Labute approximate surface area is 337 Å². The van der Waals surface area contributed by atoms with Crippen molar-refractivity contribution in [2.45, 2.75) is 43.7 Å². The van der Waals surface area contributed by atoms with Gasteiger partial charge in [0.05, 0.1) is 48.7 Å². The van der Waals surface area contributed by atoms with Crippen molar-refractivity contribution in [2.24, 2.45) is 5.16 Å². The summed E-state index contributed by atoms with van der Waals surface area (Å²) in [6.45, 7) is 5.40. The molecule has 0 unspecified atom stereocenters. The van der Waals surface area contributed by atoms with E-state index < -0.39 is 52.2 Å². The molecule has 53 heavy (non-hydrogen) atoms. The number of carbonyl (C=O) groups is 4. The molecule has 0 aliphatic carbocycles. The smallest absolute Gasteiger partial charge is 0.546 e. The van der Waals surface area contributed by atoms with Gasteiger partial charge >= 0.3 is 29.6 Å². The van der Waals surface area contributed by atoms with Crippen molar-refractivity contribution in [1.29, 1.82) is 0 Å². The van der Waals surface area contributed by atoms with E-state index in [0.717, 1.165) is 48.9 Å². The number of aliphatic carboxylic acids is 1. The van der Waals surface area contributed by atoms with Crippen LogP contribution in [0.2, 0.25) is 5.02 Å². The predicted octanol–water partition coefficient (Wildman–Crippen LogP) is -3.96. The number of likely N-dealkylation sites (tertiary alicyclic amines) is 1. The first-order valence-electron chi connectivity index (χ1n) is 15.9. The number of anilines is 1. The molecule has 23 heteroatoms. The van der Waals surface area contributed by atoms with E-state index in [2.05, 4.69) is 41.4 Å². The Morgan fingerprint density at radius 1 is 1.26 bits per heavy atom. The van der Waals surface area contributed by atoms with Gasteiger partial charge in [0.1, 0.15) is 23.7 Å². The third-order valence-corrected chi connectivity index (χ3v) is 11.2. The van der Waals surface area contributed by atoms with Crippen molar-refractivity contribution < 1.29 is 73.4 Å². The number of quaternary nitrogens is 1. The predicted molar refractivity (Wildman–Crippen MR) is 184 cm³/mol. The number of tetrazole rings is 1. The zero-order valence-electron chi connectivity index (χ0n) is 28.7. The number of halogens is 1. The van der Waals surface area contributed by atoms with Crippen LogP contribution in [0.25, 0.3) is 5.70 Å². The van der Waals surface area contributed by atoms with Crippen LogP contribution in [0.3, 0.4) is 0 Å². The fourth-order valence-corrected chi connectivity index (χ4v) is 8.26. The summed E-state index contributed by atoms with van der Waals surface area (Å²) in [5.74, 6) is -3.71. The van der Waals surface area contributed by atoms with Gasteiger partial charge in [-0.3, -0.25) is 29.6 Å². The van der Waals surface area contributed by atoms with Gasteiger partial charge in [-0.25, -0.2) is 4.98 Å². The molecule has 0 bridgehead atoms. The number of benzene rings is 1. The molecular formula is C30H33ClN11NaO8S2. The number of nitrogens with zero attached hydrogens (tertiary/aromatic N) is 8. The largest absolute Gasteiger partial charge is 1.00 e. The summed E-state index contributed by atoms with van der Waals surface area (Å²) in [4.78, 5) is 62.4. The Balaban J connectivity index is 0.00000541. The van der Waals surface area contributed by atoms with Gasteiger partial charge in [0.2, 0.25) is 0 Å². The van der Waals surface area contributed by atoms with E-state index in [0.29, 0.717) is 35.6 Å². The van der Waals surface area contributed by atoms with Crippen LogP contribution in [0.5, 0.6) is 11.5 Å². The summed E-state index contributed by atoms with van der Waals surface area (Å²) in [7, 11) is 0. The summed E-state index contributed by atoms with van der Waals surface area (Å²) >= 11 is 8.39. The molecule has 3 amide bonds. The van der Waals surface area contributed by atoms with E-state index in [1.165, 1.54) is 42.0 Å². The number of amides is 3. The summed E-state index contributed by atoms with van der Waals surface area (Å²) < 4.78 is 0.606. The van der Waals surface area contributed by atoms with Crippen LogP contribution in [-0.2, 0) is 19.2 Å². The molecule has 6 rings (SSSR count). The second-order valence-corrected chi connectivity index (χ2v) is 15.3. The first kappa shape index (κ1) is 40.2. The van der Waals surface area contributed by atoms with E-state index in [1.54, 1.807) is 0 Å². The first-order valence-corrected chi connectivity index (χ1v) is 18.2. The van der Waals surface area contributed by atoms with Gasteiger partial charge in [-0.05, 0) is 26.0 Å². The molecule has 276 valence electrons. The molecule has 6 N–H and O–H groups in total. The zero-order chi connectivity index (χ0) is 37.4. The normalized spacial score (nSPS) is 19.6. The van der Waals surface area contributed by atoms with Crippen molar-refractivity contribution >= 4 is 74.9 Å². The van der Waals surface area contributed by atoms with Gasteiger partial charge in [-0.15, -0.1) is 23.1 Å². The van der Waals surface area contributed by atoms with Crippen molar-refractivity contribution in [2.75, 3.05) is 44.2 Å². The molecule has 2 aromatic heterocycles. The quantitative estimate of drug-likeness (QED) is 0.0276. The number of thiazole rings is 1. The maximum Gasteiger partial charge on any atom is 1.00 e. The fourth-order valence-electron chi connectivity index (χ4n) is 6.16. The first-order chi connectivity index (χ1) is 24.7. The number of phenols is 2. The number of nitrogen functional groups attached to an aromatic ring is 1. The molecule has 0 radical (unpaired) electrons. The molecular weight excluding hydrogens is 765 g/mol. The molecule has 2 fully saturated rings. The molecule has 3 aliphatic heterocycles. The van der Waals surface area contributed by atoms with E-state index in [1.807, 2.05) is 0 Å². The number of aromatic hydroxyl groups is 2. The Kier molecular flexibility index (Phi) is 12.3. The third-order valence-electron chi connectivity index (χ3n) is 8.92. The van der Waals surface area contributed by atoms with Crippen LogP contribution in [-0.4, -0.2) is 125 Å². The monoisotopic (exact) mass is 797 g/mol. The number of nitrogens with two attached hydrogens (primary N) is 1. The second-order valence-electron chi connectivity index (χ2n) is 12.9. The Morgan fingerprint density at radius 2 is 2.00 bits per heavy atom. The molecule has 1 aromatic carbocycles. The van der Waals surface area contributed by atoms with Crippen LogP contribution in [0, 0.1) is 0 Å². The minimum absolute atomic E-state index is 0. The number of aromatic nitrogens is 5. The Morgan fingerprint density at radius 3 is 2.62 bits per heavy atom. The number of oxime groups is 1. The molecule has 3 aromatic rings. The zero-order valence-corrected chi connectivity index (χ0v) is 33.1. The number of nitrogens with one attached hydrogen (secondary N) is 2. The average Bonchev–Trinajstić information content (AvgIpc) is 3.89. The van der Waals surface area contributed by atoms with E-state index in [4.69, 9.17) is 22.2 Å². The van der Waals surface area contributed by atoms with Gasteiger partial charge in [0.25, 0.3) is 17.7 Å². The minimum atomic E-state index is -1.88. The molecule has 3 aliphatic rings. The Hall–Kier alpha value is -3.99. The number of carboxylic acids is 1. The maximum atomic E-state index is 13.8. The standard InChI is InChI=1S/C30H34ClN11O8S2.Na/c1-30(2,28(48)49)50-38-19(17-13-52-29(32)34-17)25(46)35-20-26(47)41-21(23-36-39-40-37-23)15(12-51-27(20)41)11-42(6-3-4-7-42)8-5-33-24(45)14-9-16(31)22(44)18(43)10-14;/h9-10,13,20,27H,3-8,11-12H2,1-2H3,(H7-,32,33,34,35,36,37,38,39,40,43,44,45,46,48,49);/q;+1/p-1/t20-,27-;/m1./s1. The van der Waals surface area contributed by atoms with Gasteiger partial charge in [0.15, 0.2) is 27.9 Å². The number of phenolic OH excluding ortho intramolecular Hbond substituents is 2. The number of carbonyl (C=O) groups excluding carboxylic acids is 4. The van der Waals surface area contributed by atoms with E-state index in [-0.39, 0.29) is 62.5 Å². The summed E-state index contributed by atoms with van der Waals surface area (Å²) in [5.41, 5.74) is 4.96. The summed E-state index contributed by atoms with van der Waals surface area (Å²) in [6.07, 6.45) is 1.91. The second kappa shape index (κ2) is 16.2. The molecule has 5 heterocycles. The van der Waals surface area contributed by atoms with Crippen molar-refractivity contribution in [3.05, 3.63) is 45.2 Å². The molecule has 19 nitrogen and oxygen atoms in total. The molecule has 2 atom stereocenters. The average molecular weight is 798 g/mol. The van der Waals surface area contributed by atoms with Crippen molar-refractivity contribution in [3.8, 4) is 11.5 Å². The number of hydrogen-bond acceptors (Lipinski definition) is 16. The van der Waals surface area contributed by atoms with Crippen LogP contribution in [0.15, 0.2) is 28.2 Å². The SMILES string of the molecule is CC(C)(O/N=C(\C(=O)N[C@@H]1C(=O)N2C(c3nnn[n-]3)=C(C[N+]3(CCNC(=O)c4cc(O)c(O)c(Cl)c4)CCCC3)CS[C@H]12)c1csc(N)n1)C(=O)[O-].[Na+]. The Bertz CT molecular complexity index is 1950. The van der Waals surface area contributed by atoms with Crippen LogP contribution >= 0.6 is 34.7 Å². The van der Waals surface area contributed by atoms with Crippen LogP contribution < -0.4 is 56.1 Å². The number of β-lactam (4-membered cyclic amide) rings is 1. The van der Waals surface area contributed by atoms with Crippen LogP contribution in [0.4, 0.5) is 5.13 Å². The van der Waals surface area contributed by atoms with Gasteiger partial charge in [-0.1, -0.05) is 16.8 Å². The van der Waals surface area contributed by atoms with Crippen LogP contribution in [0.1, 0.15) is 48.6 Å². The van der Waals surface area contributed by atoms with E-state index in [9.17, 15) is 34.5 Å². The number of rotatable bonds is 13. The van der Waals surface area contributed by atoms with Gasteiger partial charge in [-0.2, -0.15) is 5.21 Å². The number of thioether (sulfide) groups is 1. The number of carboxylic acid groups (broad SMARTS) is 1. The van der Waals surface area contributed by atoms with E-state index >= 15 is 0 Å².